The largest absolute Gasteiger partial charge is 0.356 e. The zero-order chi connectivity index (χ0) is 21.0. The molecule has 0 amide bonds. The first-order valence-electron chi connectivity index (χ1n) is 13.5. The van der Waals surface area contributed by atoms with E-state index in [-0.39, 0.29) is 0 Å². The molecule has 1 aliphatic heterocycles. The highest BCUT2D eigenvalue weighted by Gasteiger charge is 2.22. The van der Waals surface area contributed by atoms with E-state index in [4.69, 9.17) is 0 Å². The zero-order valence-electron chi connectivity index (χ0n) is 20.5. The highest BCUT2D eigenvalue weighted by Crippen LogP contribution is 2.20. The van der Waals surface area contributed by atoms with Gasteiger partial charge in [-0.25, -0.2) is 0 Å². The molecule has 2 heteroatoms. The van der Waals surface area contributed by atoms with E-state index in [1.807, 2.05) is 0 Å². The fraction of sp³-hybridized carbons (Fsp3) is 0.926. The van der Waals surface area contributed by atoms with Crippen molar-refractivity contribution < 1.29 is 0 Å². The lowest BCUT2D eigenvalue weighted by Gasteiger charge is -2.32. The minimum absolute atomic E-state index is 0.621. The average Bonchev–Trinajstić information content (AvgIpc) is 3.12. The van der Waals surface area contributed by atoms with Crippen molar-refractivity contribution >= 4 is 0 Å². The summed E-state index contributed by atoms with van der Waals surface area (Å²) in [5.74, 6) is 0. The van der Waals surface area contributed by atoms with E-state index >= 15 is 0 Å². The van der Waals surface area contributed by atoms with Gasteiger partial charge in [-0.15, -0.1) is 0 Å². The van der Waals surface area contributed by atoms with E-state index in [0.717, 1.165) is 0 Å². The second kappa shape index (κ2) is 19.3. The molecular formula is C27H54N2. The molecule has 0 aromatic heterocycles. The van der Waals surface area contributed by atoms with Gasteiger partial charge in [0, 0.05) is 25.5 Å². The van der Waals surface area contributed by atoms with Crippen LogP contribution in [-0.4, -0.2) is 29.1 Å². The number of unbranched alkanes of at least 4 members (excludes halogenated alkanes) is 16. The number of rotatable bonds is 21. The Bertz CT molecular complexity index is 366. The summed E-state index contributed by atoms with van der Waals surface area (Å²) in [5, 5.41) is 0. The second-order valence-electron chi connectivity index (χ2n) is 9.32. The van der Waals surface area contributed by atoms with Gasteiger partial charge in [0.1, 0.15) is 6.17 Å². The Morgan fingerprint density at radius 1 is 0.448 bits per heavy atom. The third-order valence-corrected chi connectivity index (χ3v) is 6.58. The molecule has 0 aromatic rings. The molecule has 0 saturated carbocycles. The predicted octanol–water partition coefficient (Wildman–Crippen LogP) is 8.87. The summed E-state index contributed by atoms with van der Waals surface area (Å²) in [6, 6.07) is 0. The quantitative estimate of drug-likeness (QED) is 0.176. The summed E-state index contributed by atoms with van der Waals surface area (Å²) in [7, 11) is 0. The Morgan fingerprint density at radius 3 is 1.21 bits per heavy atom. The van der Waals surface area contributed by atoms with E-state index in [1.165, 1.54) is 135 Å². The first-order chi connectivity index (χ1) is 14.3. The molecule has 0 saturated heterocycles. The van der Waals surface area contributed by atoms with Gasteiger partial charge >= 0.3 is 0 Å². The zero-order valence-corrected chi connectivity index (χ0v) is 20.5. The molecule has 0 fully saturated rings. The summed E-state index contributed by atoms with van der Waals surface area (Å²) >= 11 is 0. The van der Waals surface area contributed by atoms with Gasteiger partial charge in [-0.05, 0) is 19.3 Å². The summed E-state index contributed by atoms with van der Waals surface area (Å²) < 4.78 is 0. The van der Waals surface area contributed by atoms with Gasteiger partial charge in [0.15, 0.2) is 0 Å². The topological polar surface area (TPSA) is 6.48 Å². The molecule has 1 aliphatic rings. The maximum atomic E-state index is 2.57. The Balaban J connectivity index is 1.80. The number of nitrogens with zero attached hydrogens (tertiary/aromatic N) is 2. The van der Waals surface area contributed by atoms with E-state index in [2.05, 4.69) is 43.0 Å². The van der Waals surface area contributed by atoms with E-state index < -0.39 is 0 Å². The van der Waals surface area contributed by atoms with Crippen molar-refractivity contribution in [3.8, 4) is 0 Å². The van der Waals surface area contributed by atoms with Crippen molar-refractivity contribution in [1.29, 1.82) is 0 Å². The standard InChI is InChI=1S/C27H54N2/c1-4-7-8-9-10-11-12-13-14-15-16-17-18-19-20-21-22-24-29-26-25-28(23-5-2)27(29)6-3/h25-27H,4-24H2,1-3H3. The lowest BCUT2D eigenvalue weighted by molar-refractivity contribution is 0.146. The van der Waals surface area contributed by atoms with Crippen LogP contribution in [0.15, 0.2) is 12.4 Å². The van der Waals surface area contributed by atoms with Crippen molar-refractivity contribution in [2.45, 2.75) is 149 Å². The molecular weight excluding hydrogens is 352 g/mol. The van der Waals surface area contributed by atoms with Gasteiger partial charge in [0.2, 0.25) is 0 Å². The van der Waals surface area contributed by atoms with E-state index in [0.29, 0.717) is 6.17 Å². The minimum atomic E-state index is 0.621. The summed E-state index contributed by atoms with van der Waals surface area (Å²) in [6.45, 7) is 9.34. The SMILES string of the molecule is CCCCCCCCCCCCCCCCCCCN1C=CN(CCC)C1CC. The first kappa shape index (κ1) is 26.4. The number of hydrogen-bond acceptors (Lipinski definition) is 2. The molecule has 1 atom stereocenters. The van der Waals surface area contributed by atoms with Gasteiger partial charge in [-0.3, -0.25) is 0 Å². The Labute approximate surface area is 184 Å². The Morgan fingerprint density at radius 2 is 0.828 bits per heavy atom. The molecule has 1 rings (SSSR count). The van der Waals surface area contributed by atoms with Crippen LogP contribution in [0, 0.1) is 0 Å². The molecule has 0 radical (unpaired) electrons. The summed E-state index contributed by atoms with van der Waals surface area (Å²) in [4.78, 5) is 5.09. The molecule has 0 N–H and O–H groups in total. The highest BCUT2D eigenvalue weighted by molar-refractivity contribution is 4.96. The molecule has 1 heterocycles. The lowest BCUT2D eigenvalue weighted by atomic mass is 10.0. The van der Waals surface area contributed by atoms with Crippen LogP contribution in [0.2, 0.25) is 0 Å². The molecule has 0 aromatic carbocycles. The van der Waals surface area contributed by atoms with Gasteiger partial charge in [-0.2, -0.15) is 0 Å². The van der Waals surface area contributed by atoms with Crippen LogP contribution in [0.3, 0.4) is 0 Å². The van der Waals surface area contributed by atoms with Crippen LogP contribution in [0.4, 0.5) is 0 Å². The van der Waals surface area contributed by atoms with E-state index in [1.54, 1.807) is 0 Å². The molecule has 0 spiro atoms. The third-order valence-electron chi connectivity index (χ3n) is 6.58. The van der Waals surface area contributed by atoms with Crippen molar-refractivity contribution in [3.05, 3.63) is 12.4 Å². The monoisotopic (exact) mass is 406 g/mol. The second-order valence-corrected chi connectivity index (χ2v) is 9.32. The van der Waals surface area contributed by atoms with Crippen molar-refractivity contribution in [1.82, 2.24) is 9.80 Å². The molecule has 1 unspecified atom stereocenters. The number of hydrogen-bond donors (Lipinski definition) is 0. The molecule has 0 bridgehead atoms. The normalized spacial score (nSPS) is 16.3. The van der Waals surface area contributed by atoms with Crippen molar-refractivity contribution in [2.24, 2.45) is 0 Å². The molecule has 29 heavy (non-hydrogen) atoms. The fourth-order valence-electron chi connectivity index (χ4n) is 4.75. The summed E-state index contributed by atoms with van der Waals surface area (Å²) in [6.07, 6.45) is 32.4. The van der Waals surface area contributed by atoms with E-state index in [9.17, 15) is 0 Å². The maximum absolute atomic E-state index is 2.57. The van der Waals surface area contributed by atoms with Crippen molar-refractivity contribution in [2.75, 3.05) is 13.1 Å². The third kappa shape index (κ3) is 13.3. The Kier molecular flexibility index (Phi) is 17.6. The maximum Gasteiger partial charge on any atom is 0.100 e. The Hall–Kier alpha value is -0.660. The van der Waals surface area contributed by atoms with Crippen LogP contribution >= 0.6 is 0 Å². The van der Waals surface area contributed by atoms with Crippen LogP contribution in [0.1, 0.15) is 143 Å². The molecule has 0 aliphatic carbocycles. The van der Waals surface area contributed by atoms with Crippen LogP contribution in [-0.2, 0) is 0 Å². The average molecular weight is 407 g/mol. The molecule has 2 nitrogen and oxygen atoms in total. The fourth-order valence-corrected chi connectivity index (χ4v) is 4.75. The van der Waals surface area contributed by atoms with Crippen LogP contribution < -0.4 is 0 Å². The van der Waals surface area contributed by atoms with Gasteiger partial charge in [0.05, 0.1) is 0 Å². The first-order valence-corrected chi connectivity index (χ1v) is 13.5. The van der Waals surface area contributed by atoms with Gasteiger partial charge in [0.25, 0.3) is 0 Å². The predicted molar refractivity (Wildman–Crippen MR) is 131 cm³/mol. The lowest BCUT2D eigenvalue weighted by Crippen LogP contribution is -2.38. The minimum Gasteiger partial charge on any atom is -0.356 e. The van der Waals surface area contributed by atoms with Crippen LogP contribution in [0.25, 0.3) is 0 Å². The smallest absolute Gasteiger partial charge is 0.100 e. The van der Waals surface area contributed by atoms with Crippen LogP contribution in [0.5, 0.6) is 0 Å². The van der Waals surface area contributed by atoms with Gasteiger partial charge in [-0.1, -0.05) is 124 Å². The summed E-state index contributed by atoms with van der Waals surface area (Å²) in [5.41, 5.74) is 0. The van der Waals surface area contributed by atoms with Crippen molar-refractivity contribution in [3.63, 3.8) is 0 Å². The highest BCUT2D eigenvalue weighted by atomic mass is 15.4. The van der Waals surface area contributed by atoms with Gasteiger partial charge < -0.3 is 9.80 Å². The molecule has 172 valence electrons.